The first-order valence-corrected chi connectivity index (χ1v) is 2.59. The first-order valence-electron chi connectivity index (χ1n) is 2.59. The fourth-order valence-electron chi connectivity index (χ4n) is 0.254. The summed E-state index contributed by atoms with van der Waals surface area (Å²) in [5.74, 6) is -5.51. The summed E-state index contributed by atoms with van der Waals surface area (Å²) in [6.45, 7) is 0. The minimum absolute atomic E-state index is 0.0263. The molecular weight excluding hydrogens is 212 g/mol. The molecule has 0 aromatic carbocycles. The van der Waals surface area contributed by atoms with Gasteiger partial charge in [-0.1, -0.05) is 0 Å². The molecule has 0 aromatic heterocycles. The average molecular weight is 213 g/mol. The lowest BCUT2D eigenvalue weighted by Crippen LogP contribution is -2.34. The standard InChI is InChI=1S/C5HF8/c6-3(7,5(11,12)13)1-2-4(8,9)10/h1H. The Morgan fingerprint density at radius 1 is 0.769 bits per heavy atom. The maximum absolute atomic E-state index is 11.7. The SMILES string of the molecule is FC(F)(F)[C]=CC(F)(F)C(F)(F)F. The second-order valence-corrected chi connectivity index (χ2v) is 1.91. The normalized spacial score (nSPS) is 15.4. The van der Waals surface area contributed by atoms with Crippen LogP contribution in [0.1, 0.15) is 0 Å². The third-order valence-corrected chi connectivity index (χ3v) is 0.795. The highest BCUT2D eigenvalue weighted by molar-refractivity contribution is 4.97. The topological polar surface area (TPSA) is 0 Å². The van der Waals surface area contributed by atoms with Crippen molar-refractivity contribution in [1.82, 2.24) is 0 Å². The van der Waals surface area contributed by atoms with Crippen LogP contribution in [0.15, 0.2) is 6.08 Å². The van der Waals surface area contributed by atoms with E-state index in [1.165, 1.54) is 0 Å². The Morgan fingerprint density at radius 3 is 1.38 bits per heavy atom. The van der Waals surface area contributed by atoms with Gasteiger partial charge in [-0.3, -0.25) is 0 Å². The van der Waals surface area contributed by atoms with Gasteiger partial charge in [0.2, 0.25) is 0 Å². The molecule has 13 heavy (non-hydrogen) atoms. The third kappa shape index (κ3) is 4.09. The van der Waals surface area contributed by atoms with E-state index in [2.05, 4.69) is 0 Å². The van der Waals surface area contributed by atoms with Crippen molar-refractivity contribution >= 4 is 0 Å². The Bertz CT molecular complexity index is 194. The molecule has 1 radical (unpaired) electrons. The number of alkyl halides is 8. The molecule has 8 heteroatoms. The molecule has 0 aromatic rings. The molecule has 0 spiro atoms. The number of rotatable bonds is 1. The fraction of sp³-hybridized carbons (Fsp3) is 0.600. The summed E-state index contributed by atoms with van der Waals surface area (Å²) >= 11 is 0. The van der Waals surface area contributed by atoms with Crippen LogP contribution in [0, 0.1) is 6.08 Å². The largest absolute Gasteiger partial charge is 0.457 e. The minimum Gasteiger partial charge on any atom is -0.191 e. The molecule has 0 aliphatic carbocycles. The number of hydrogen-bond donors (Lipinski definition) is 0. The van der Waals surface area contributed by atoms with Gasteiger partial charge in [0, 0.05) is 6.08 Å². The molecule has 0 saturated heterocycles. The van der Waals surface area contributed by atoms with Crippen molar-refractivity contribution in [3.05, 3.63) is 12.2 Å². The van der Waals surface area contributed by atoms with Crippen molar-refractivity contribution in [3.8, 4) is 0 Å². The molecule has 0 atom stereocenters. The van der Waals surface area contributed by atoms with Crippen LogP contribution in [0.4, 0.5) is 35.1 Å². The van der Waals surface area contributed by atoms with Gasteiger partial charge in [0.05, 0.1) is 6.08 Å². The third-order valence-electron chi connectivity index (χ3n) is 0.795. The van der Waals surface area contributed by atoms with E-state index in [0.717, 1.165) is 0 Å². The van der Waals surface area contributed by atoms with Gasteiger partial charge in [-0.25, -0.2) is 0 Å². The van der Waals surface area contributed by atoms with Crippen LogP contribution < -0.4 is 0 Å². The molecule has 0 N–H and O–H groups in total. The zero-order valence-electron chi connectivity index (χ0n) is 5.60. The van der Waals surface area contributed by atoms with Crippen LogP contribution in [-0.4, -0.2) is 18.3 Å². The monoisotopic (exact) mass is 213 g/mol. The van der Waals surface area contributed by atoms with E-state index in [0.29, 0.717) is 0 Å². The highest BCUT2D eigenvalue weighted by atomic mass is 19.4. The van der Waals surface area contributed by atoms with E-state index < -0.39 is 24.4 Å². The lowest BCUT2D eigenvalue weighted by molar-refractivity contribution is -0.260. The van der Waals surface area contributed by atoms with E-state index in [4.69, 9.17) is 0 Å². The number of halogens is 8. The average Bonchev–Trinajstić information content (AvgIpc) is 1.79. The van der Waals surface area contributed by atoms with E-state index in [1.807, 2.05) is 0 Å². The Balaban J connectivity index is 4.62. The van der Waals surface area contributed by atoms with Crippen molar-refractivity contribution in [2.75, 3.05) is 0 Å². The van der Waals surface area contributed by atoms with Crippen molar-refractivity contribution < 1.29 is 35.1 Å². The van der Waals surface area contributed by atoms with Crippen LogP contribution in [0.25, 0.3) is 0 Å². The Kier molecular flexibility index (Phi) is 2.95. The predicted octanol–water partition coefficient (Wildman–Crippen LogP) is 3.11. The lowest BCUT2D eigenvalue weighted by atomic mass is 10.3. The summed E-state index contributed by atoms with van der Waals surface area (Å²) in [6, 6.07) is 0. The molecule has 0 nitrogen and oxygen atoms in total. The van der Waals surface area contributed by atoms with Gasteiger partial charge in [0.15, 0.2) is 0 Å². The minimum atomic E-state index is -6.04. The molecule has 0 rings (SSSR count). The Hall–Kier alpha value is -0.820. The van der Waals surface area contributed by atoms with Gasteiger partial charge in [0.25, 0.3) is 0 Å². The number of hydrogen-bond acceptors (Lipinski definition) is 0. The van der Waals surface area contributed by atoms with Gasteiger partial charge >= 0.3 is 18.3 Å². The summed E-state index contributed by atoms with van der Waals surface area (Å²) in [4.78, 5) is 0. The summed E-state index contributed by atoms with van der Waals surface area (Å²) < 4.78 is 90.5. The fourth-order valence-corrected chi connectivity index (χ4v) is 0.254. The predicted molar refractivity (Wildman–Crippen MR) is 24.9 cm³/mol. The van der Waals surface area contributed by atoms with Crippen LogP contribution in [0.5, 0.6) is 0 Å². The summed E-state index contributed by atoms with van der Waals surface area (Å²) in [6.07, 6.45) is -12.7. The molecular formula is C5HF8. The van der Waals surface area contributed by atoms with Crippen LogP contribution in [0.3, 0.4) is 0 Å². The second-order valence-electron chi connectivity index (χ2n) is 1.91. The van der Waals surface area contributed by atoms with Gasteiger partial charge < -0.3 is 0 Å². The molecule has 77 valence electrons. The second kappa shape index (κ2) is 3.15. The van der Waals surface area contributed by atoms with Crippen LogP contribution >= 0.6 is 0 Å². The van der Waals surface area contributed by atoms with E-state index in [9.17, 15) is 35.1 Å². The van der Waals surface area contributed by atoms with E-state index in [1.54, 1.807) is 0 Å². The number of allylic oxidation sites excluding steroid dienone is 2. The summed E-state index contributed by atoms with van der Waals surface area (Å²) in [5, 5.41) is 0. The van der Waals surface area contributed by atoms with E-state index >= 15 is 0 Å². The maximum atomic E-state index is 11.7. The highest BCUT2D eigenvalue weighted by Gasteiger charge is 2.56. The Morgan fingerprint density at radius 2 is 1.15 bits per heavy atom. The highest BCUT2D eigenvalue weighted by Crippen LogP contribution is 2.37. The lowest BCUT2D eigenvalue weighted by Gasteiger charge is -2.15. The molecule has 0 unspecified atom stereocenters. The smallest absolute Gasteiger partial charge is 0.191 e. The Labute approximate surface area is 66.8 Å². The van der Waals surface area contributed by atoms with Crippen molar-refractivity contribution in [2.24, 2.45) is 0 Å². The maximum Gasteiger partial charge on any atom is 0.457 e. The molecule has 0 saturated carbocycles. The zero-order valence-corrected chi connectivity index (χ0v) is 5.60. The molecule has 0 bridgehead atoms. The molecule has 0 amide bonds. The first-order chi connectivity index (χ1) is 5.46. The first kappa shape index (κ1) is 12.2. The molecule has 0 fully saturated rings. The van der Waals surface area contributed by atoms with Crippen LogP contribution in [-0.2, 0) is 0 Å². The van der Waals surface area contributed by atoms with Crippen LogP contribution in [0.2, 0.25) is 0 Å². The molecule has 0 aliphatic rings. The van der Waals surface area contributed by atoms with Gasteiger partial charge in [0.1, 0.15) is 0 Å². The molecule has 0 aliphatic heterocycles. The van der Waals surface area contributed by atoms with Crippen molar-refractivity contribution in [1.29, 1.82) is 0 Å². The quantitative estimate of drug-likeness (QED) is 0.587. The van der Waals surface area contributed by atoms with Gasteiger partial charge in [-0.05, 0) is 0 Å². The summed E-state index contributed by atoms with van der Waals surface area (Å²) in [5.41, 5.74) is 0. The van der Waals surface area contributed by atoms with Gasteiger partial charge in [-0.2, -0.15) is 35.1 Å². The summed E-state index contributed by atoms with van der Waals surface area (Å²) in [7, 11) is 0. The van der Waals surface area contributed by atoms with E-state index in [-0.39, 0.29) is 6.08 Å². The van der Waals surface area contributed by atoms with Crippen molar-refractivity contribution in [2.45, 2.75) is 18.3 Å². The van der Waals surface area contributed by atoms with Crippen molar-refractivity contribution in [3.63, 3.8) is 0 Å². The zero-order chi connectivity index (χ0) is 10.9. The molecule has 0 heterocycles. The van der Waals surface area contributed by atoms with Gasteiger partial charge in [-0.15, -0.1) is 0 Å².